The molecule has 1 N–H and O–H groups in total. The summed E-state index contributed by atoms with van der Waals surface area (Å²) >= 11 is 0. The maximum atomic E-state index is 12.4. The fraction of sp³-hybridized carbons (Fsp3) is 0.524. The third-order valence-electron chi connectivity index (χ3n) is 5.75. The lowest BCUT2D eigenvalue weighted by atomic mass is 10.1. The average molecular weight is 381 g/mol. The lowest BCUT2D eigenvalue weighted by Crippen LogP contribution is -2.31. The summed E-state index contributed by atoms with van der Waals surface area (Å²) in [5.41, 5.74) is 1.47. The van der Waals surface area contributed by atoms with E-state index in [0.717, 1.165) is 12.1 Å². The highest BCUT2D eigenvalue weighted by Gasteiger charge is 2.30. The van der Waals surface area contributed by atoms with Gasteiger partial charge in [-0.25, -0.2) is 0 Å². The molecule has 2 aliphatic rings. The molecule has 1 aliphatic heterocycles. The number of rotatable bonds is 7. The maximum absolute atomic E-state index is 12.4. The lowest BCUT2D eigenvalue weighted by Gasteiger charge is -2.16. The molecule has 0 bridgehead atoms. The van der Waals surface area contributed by atoms with Crippen molar-refractivity contribution >= 4 is 11.8 Å². The average Bonchev–Trinajstić information content (AvgIpc) is 3.44. The molecule has 148 valence electrons. The van der Waals surface area contributed by atoms with E-state index >= 15 is 0 Å². The number of nitrogens with one attached hydrogen (secondary N) is 1. The van der Waals surface area contributed by atoms with Crippen molar-refractivity contribution < 1.29 is 9.59 Å². The van der Waals surface area contributed by atoms with Gasteiger partial charge in [0.2, 0.25) is 5.91 Å². The molecule has 28 heavy (non-hydrogen) atoms. The zero-order chi connectivity index (χ0) is 19.3. The van der Waals surface area contributed by atoms with Crippen LogP contribution in [0.2, 0.25) is 0 Å². The molecule has 4 rings (SSSR count). The molecule has 0 spiro atoms. The van der Waals surface area contributed by atoms with Gasteiger partial charge in [0.05, 0.1) is 6.20 Å². The van der Waals surface area contributed by atoms with Crippen LogP contribution < -0.4 is 5.32 Å². The van der Waals surface area contributed by atoms with E-state index in [2.05, 4.69) is 15.6 Å². The predicted octanol–water partition coefficient (Wildman–Crippen LogP) is 2.25. The molecule has 1 aromatic carbocycles. The summed E-state index contributed by atoms with van der Waals surface area (Å²) in [7, 11) is 0. The first-order valence-corrected chi connectivity index (χ1v) is 10.2. The van der Waals surface area contributed by atoms with Crippen LogP contribution in [0.3, 0.4) is 0 Å². The van der Waals surface area contributed by atoms with E-state index in [-0.39, 0.29) is 17.7 Å². The minimum absolute atomic E-state index is 0.133. The standard InChI is InChI=1S/C21H27N5O2/c27-20-10-18(13-25(20)12-16-6-2-1-3-7-16)11-22-21(28)19-15-26(24-23-19)14-17-8-4-5-9-17/h1-3,6-7,15,17-18H,4-5,8-14H2,(H,22,28). The third kappa shape index (κ3) is 4.58. The van der Waals surface area contributed by atoms with Crippen LogP contribution in [0.15, 0.2) is 36.5 Å². The molecule has 1 aromatic heterocycles. The molecule has 1 saturated carbocycles. The van der Waals surface area contributed by atoms with Crippen LogP contribution in [0.25, 0.3) is 0 Å². The minimum Gasteiger partial charge on any atom is -0.350 e. The number of carbonyl (C=O) groups is 2. The van der Waals surface area contributed by atoms with Crippen LogP contribution in [0.4, 0.5) is 0 Å². The SMILES string of the molecule is O=C(NCC1CC(=O)N(Cc2ccccc2)C1)c1cn(CC2CCCC2)nn1. The topological polar surface area (TPSA) is 80.1 Å². The van der Waals surface area contributed by atoms with Gasteiger partial charge in [-0.2, -0.15) is 0 Å². The summed E-state index contributed by atoms with van der Waals surface area (Å²) in [5, 5.41) is 11.0. The fourth-order valence-electron chi connectivity index (χ4n) is 4.22. The monoisotopic (exact) mass is 381 g/mol. The van der Waals surface area contributed by atoms with Crippen molar-refractivity contribution in [3.63, 3.8) is 0 Å². The highest BCUT2D eigenvalue weighted by atomic mass is 16.2. The van der Waals surface area contributed by atoms with Crippen molar-refractivity contribution in [2.24, 2.45) is 11.8 Å². The van der Waals surface area contributed by atoms with Crippen molar-refractivity contribution in [3.8, 4) is 0 Å². The van der Waals surface area contributed by atoms with E-state index in [1.807, 2.05) is 35.2 Å². The second-order valence-corrected chi connectivity index (χ2v) is 8.02. The second kappa shape index (κ2) is 8.54. The molecule has 1 atom stereocenters. The predicted molar refractivity (Wildman–Crippen MR) is 104 cm³/mol. The highest BCUT2D eigenvalue weighted by Crippen LogP contribution is 2.25. The Morgan fingerprint density at radius 2 is 1.93 bits per heavy atom. The molecular weight excluding hydrogens is 354 g/mol. The highest BCUT2D eigenvalue weighted by molar-refractivity contribution is 5.91. The Balaban J connectivity index is 1.24. The van der Waals surface area contributed by atoms with Gasteiger partial charge in [0.1, 0.15) is 0 Å². The summed E-state index contributed by atoms with van der Waals surface area (Å²) in [5.74, 6) is 0.712. The van der Waals surface area contributed by atoms with Crippen molar-refractivity contribution in [1.82, 2.24) is 25.2 Å². The van der Waals surface area contributed by atoms with Gasteiger partial charge >= 0.3 is 0 Å². The fourth-order valence-corrected chi connectivity index (χ4v) is 4.22. The molecule has 2 amide bonds. The number of hydrogen-bond acceptors (Lipinski definition) is 4. The Hall–Kier alpha value is -2.70. The molecule has 2 fully saturated rings. The van der Waals surface area contributed by atoms with Gasteiger partial charge in [0, 0.05) is 38.5 Å². The van der Waals surface area contributed by atoms with E-state index in [1.54, 1.807) is 10.9 Å². The van der Waals surface area contributed by atoms with Crippen molar-refractivity contribution in [1.29, 1.82) is 0 Å². The number of aromatic nitrogens is 3. The normalized spacial score (nSPS) is 20.1. The van der Waals surface area contributed by atoms with E-state index in [9.17, 15) is 9.59 Å². The van der Waals surface area contributed by atoms with Gasteiger partial charge < -0.3 is 10.2 Å². The number of hydrogen-bond donors (Lipinski definition) is 1. The molecule has 7 nitrogen and oxygen atoms in total. The second-order valence-electron chi connectivity index (χ2n) is 8.02. The first kappa shape index (κ1) is 18.7. The first-order chi connectivity index (χ1) is 13.7. The Bertz CT molecular complexity index is 813. The molecule has 2 aromatic rings. The molecule has 7 heteroatoms. The van der Waals surface area contributed by atoms with Gasteiger partial charge in [-0.15, -0.1) is 5.10 Å². The number of likely N-dealkylation sites (tertiary alicyclic amines) is 1. The zero-order valence-corrected chi connectivity index (χ0v) is 16.1. The van der Waals surface area contributed by atoms with Gasteiger partial charge in [-0.1, -0.05) is 48.4 Å². The maximum Gasteiger partial charge on any atom is 0.273 e. The summed E-state index contributed by atoms with van der Waals surface area (Å²) in [6.07, 6.45) is 7.24. The number of carbonyl (C=O) groups excluding carboxylic acids is 2. The molecule has 1 saturated heterocycles. The van der Waals surface area contributed by atoms with Crippen LogP contribution in [0.1, 0.15) is 48.2 Å². The van der Waals surface area contributed by atoms with Crippen LogP contribution in [0.5, 0.6) is 0 Å². The molecular formula is C21H27N5O2. The first-order valence-electron chi connectivity index (χ1n) is 10.2. The molecule has 1 unspecified atom stereocenters. The van der Waals surface area contributed by atoms with E-state index in [4.69, 9.17) is 0 Å². The summed E-state index contributed by atoms with van der Waals surface area (Å²) in [6, 6.07) is 9.98. The van der Waals surface area contributed by atoms with Crippen LogP contribution in [0, 0.1) is 11.8 Å². The quantitative estimate of drug-likeness (QED) is 0.798. The zero-order valence-electron chi connectivity index (χ0n) is 16.1. The van der Waals surface area contributed by atoms with Crippen molar-refractivity contribution in [2.75, 3.05) is 13.1 Å². The smallest absolute Gasteiger partial charge is 0.273 e. The number of amides is 2. The van der Waals surface area contributed by atoms with Crippen molar-refractivity contribution in [2.45, 2.75) is 45.2 Å². The Morgan fingerprint density at radius 1 is 1.14 bits per heavy atom. The molecule has 0 radical (unpaired) electrons. The van der Waals surface area contributed by atoms with E-state index in [1.165, 1.54) is 25.7 Å². The number of benzene rings is 1. The Labute approximate surface area is 165 Å². The third-order valence-corrected chi connectivity index (χ3v) is 5.75. The molecule has 2 heterocycles. The van der Waals surface area contributed by atoms with Crippen LogP contribution in [-0.2, 0) is 17.9 Å². The number of nitrogens with zero attached hydrogens (tertiary/aromatic N) is 4. The minimum atomic E-state index is -0.216. The van der Waals surface area contributed by atoms with Crippen molar-refractivity contribution in [3.05, 3.63) is 47.8 Å². The lowest BCUT2D eigenvalue weighted by molar-refractivity contribution is -0.128. The summed E-state index contributed by atoms with van der Waals surface area (Å²) < 4.78 is 1.78. The van der Waals surface area contributed by atoms with Gasteiger partial charge in [0.25, 0.3) is 5.91 Å². The molecule has 1 aliphatic carbocycles. The van der Waals surface area contributed by atoms with Crippen LogP contribution >= 0.6 is 0 Å². The Kier molecular flexibility index (Phi) is 5.69. The summed E-state index contributed by atoms with van der Waals surface area (Å²) in [4.78, 5) is 26.5. The largest absolute Gasteiger partial charge is 0.350 e. The van der Waals surface area contributed by atoms with Gasteiger partial charge in [0.15, 0.2) is 5.69 Å². The van der Waals surface area contributed by atoms with Gasteiger partial charge in [-0.05, 0) is 24.3 Å². The van der Waals surface area contributed by atoms with E-state index < -0.39 is 0 Å². The Morgan fingerprint density at radius 3 is 2.71 bits per heavy atom. The van der Waals surface area contributed by atoms with Crippen LogP contribution in [-0.4, -0.2) is 44.8 Å². The van der Waals surface area contributed by atoms with E-state index in [0.29, 0.717) is 37.7 Å². The summed E-state index contributed by atoms with van der Waals surface area (Å²) in [6.45, 7) is 2.61. The van der Waals surface area contributed by atoms with Gasteiger partial charge in [-0.3, -0.25) is 14.3 Å².